The number of methoxy groups -OCH3 is 1. The molecule has 2 rings (SSSR count). The Balaban J connectivity index is 2.04. The Bertz CT molecular complexity index is 547. The van der Waals surface area contributed by atoms with Gasteiger partial charge in [0.05, 0.1) is 12.8 Å². The second-order valence-corrected chi connectivity index (χ2v) is 4.73. The molecule has 1 heterocycles. The van der Waals surface area contributed by atoms with E-state index >= 15 is 0 Å². The van der Waals surface area contributed by atoms with Crippen LogP contribution in [0.2, 0.25) is 5.02 Å². The lowest BCUT2D eigenvalue weighted by Gasteiger charge is -2.11. The minimum absolute atomic E-state index is 0.632. The zero-order chi connectivity index (χ0) is 13.8. The maximum absolute atomic E-state index is 6.18. The van der Waals surface area contributed by atoms with E-state index in [4.69, 9.17) is 20.9 Å². The monoisotopic (exact) mass is 280 g/mol. The van der Waals surface area contributed by atoms with Crippen molar-refractivity contribution in [2.24, 2.45) is 0 Å². The number of aryl methyl sites for hydroxylation is 2. The summed E-state index contributed by atoms with van der Waals surface area (Å²) in [5, 5.41) is 7.96. The van der Waals surface area contributed by atoms with E-state index in [1.807, 2.05) is 32.0 Å². The molecule has 0 unspecified atom stereocenters. The molecule has 0 amide bonds. The summed E-state index contributed by atoms with van der Waals surface area (Å²) in [7, 11) is 1.64. The van der Waals surface area contributed by atoms with Crippen molar-refractivity contribution in [2.75, 3.05) is 7.11 Å². The minimum atomic E-state index is 0.632. The highest BCUT2D eigenvalue weighted by Gasteiger charge is 2.10. The van der Waals surface area contributed by atoms with Crippen LogP contribution in [0.3, 0.4) is 0 Å². The summed E-state index contributed by atoms with van der Waals surface area (Å²) >= 11 is 6.18. The van der Waals surface area contributed by atoms with Crippen LogP contribution in [0, 0.1) is 13.8 Å². The maximum atomic E-state index is 6.18. The molecule has 4 nitrogen and oxygen atoms in total. The number of benzene rings is 1. The van der Waals surface area contributed by atoms with Crippen LogP contribution in [-0.2, 0) is 13.1 Å². The number of aromatic nitrogens is 1. The van der Waals surface area contributed by atoms with Crippen LogP contribution < -0.4 is 10.1 Å². The fraction of sp³-hybridized carbons (Fsp3) is 0.357. The van der Waals surface area contributed by atoms with Gasteiger partial charge in [-0.3, -0.25) is 0 Å². The van der Waals surface area contributed by atoms with E-state index in [9.17, 15) is 0 Å². The highest BCUT2D eigenvalue weighted by atomic mass is 35.5. The quantitative estimate of drug-likeness (QED) is 0.913. The fourth-order valence-electron chi connectivity index (χ4n) is 1.97. The summed E-state index contributed by atoms with van der Waals surface area (Å²) in [5.74, 6) is 1.63. The summed E-state index contributed by atoms with van der Waals surface area (Å²) in [5.41, 5.74) is 2.96. The van der Waals surface area contributed by atoms with E-state index in [0.717, 1.165) is 28.3 Å². The highest BCUT2D eigenvalue weighted by Crippen LogP contribution is 2.26. The molecule has 0 fully saturated rings. The van der Waals surface area contributed by atoms with Crippen LogP contribution in [0.4, 0.5) is 0 Å². The Kier molecular flexibility index (Phi) is 4.45. The van der Waals surface area contributed by atoms with Crippen molar-refractivity contribution < 1.29 is 9.26 Å². The van der Waals surface area contributed by atoms with E-state index < -0.39 is 0 Å². The summed E-state index contributed by atoms with van der Waals surface area (Å²) in [6.45, 7) is 5.17. The standard InChI is InChI=1S/C14H17ClN2O2/c1-9-11(10(2)19-17-9)7-16-8-12-13(15)5-4-6-14(12)18-3/h4-6,16H,7-8H2,1-3H3. The van der Waals surface area contributed by atoms with Gasteiger partial charge < -0.3 is 14.6 Å². The highest BCUT2D eigenvalue weighted by molar-refractivity contribution is 6.31. The third-order valence-corrected chi connectivity index (χ3v) is 3.43. The van der Waals surface area contributed by atoms with Gasteiger partial charge in [-0.25, -0.2) is 0 Å². The molecule has 0 spiro atoms. The molecule has 0 saturated carbocycles. The number of nitrogens with zero attached hydrogens (tertiary/aromatic N) is 1. The molecule has 0 aliphatic carbocycles. The van der Waals surface area contributed by atoms with Crippen LogP contribution in [0.1, 0.15) is 22.6 Å². The number of halogens is 1. The predicted octanol–water partition coefficient (Wildman–Crippen LogP) is 3.24. The Morgan fingerprint density at radius 3 is 2.63 bits per heavy atom. The van der Waals surface area contributed by atoms with E-state index in [-0.39, 0.29) is 0 Å². The van der Waals surface area contributed by atoms with Gasteiger partial charge in [-0.1, -0.05) is 22.8 Å². The molecule has 0 aliphatic heterocycles. The van der Waals surface area contributed by atoms with Crippen molar-refractivity contribution >= 4 is 11.6 Å². The Morgan fingerprint density at radius 2 is 2.00 bits per heavy atom. The molecule has 0 radical (unpaired) electrons. The van der Waals surface area contributed by atoms with Crippen LogP contribution >= 0.6 is 11.6 Å². The fourth-order valence-corrected chi connectivity index (χ4v) is 2.20. The average molecular weight is 281 g/mol. The molecule has 0 atom stereocenters. The van der Waals surface area contributed by atoms with Crippen molar-refractivity contribution in [3.8, 4) is 5.75 Å². The van der Waals surface area contributed by atoms with Crippen LogP contribution in [0.25, 0.3) is 0 Å². The van der Waals surface area contributed by atoms with Crippen molar-refractivity contribution in [3.05, 3.63) is 45.8 Å². The summed E-state index contributed by atoms with van der Waals surface area (Å²) in [4.78, 5) is 0. The van der Waals surface area contributed by atoms with Crippen molar-refractivity contribution in [1.82, 2.24) is 10.5 Å². The summed E-state index contributed by atoms with van der Waals surface area (Å²) in [6.07, 6.45) is 0. The molecule has 0 aliphatic rings. The largest absolute Gasteiger partial charge is 0.496 e. The number of hydrogen-bond donors (Lipinski definition) is 1. The first-order valence-electron chi connectivity index (χ1n) is 6.07. The van der Waals surface area contributed by atoms with Crippen LogP contribution in [0.5, 0.6) is 5.75 Å². The van der Waals surface area contributed by atoms with Crippen LogP contribution in [-0.4, -0.2) is 12.3 Å². The van der Waals surface area contributed by atoms with Gasteiger partial charge >= 0.3 is 0 Å². The molecule has 0 saturated heterocycles. The van der Waals surface area contributed by atoms with Crippen molar-refractivity contribution in [3.63, 3.8) is 0 Å². The van der Waals surface area contributed by atoms with E-state index in [2.05, 4.69) is 10.5 Å². The summed E-state index contributed by atoms with van der Waals surface area (Å²) < 4.78 is 10.4. The first-order chi connectivity index (χ1) is 9.13. The van der Waals surface area contributed by atoms with E-state index in [1.165, 1.54) is 0 Å². The number of hydrogen-bond acceptors (Lipinski definition) is 4. The van der Waals surface area contributed by atoms with Gasteiger partial charge in [0.15, 0.2) is 0 Å². The lowest BCUT2D eigenvalue weighted by atomic mass is 10.1. The first kappa shape index (κ1) is 13.9. The predicted molar refractivity (Wildman–Crippen MR) is 74.5 cm³/mol. The van der Waals surface area contributed by atoms with Crippen molar-refractivity contribution in [1.29, 1.82) is 0 Å². The van der Waals surface area contributed by atoms with Gasteiger partial charge in [0.25, 0.3) is 0 Å². The molecule has 5 heteroatoms. The van der Waals surface area contributed by atoms with Crippen LogP contribution in [0.15, 0.2) is 22.7 Å². The first-order valence-corrected chi connectivity index (χ1v) is 6.45. The average Bonchev–Trinajstić information content (AvgIpc) is 2.72. The van der Waals surface area contributed by atoms with Gasteiger partial charge in [0.2, 0.25) is 0 Å². The third kappa shape index (κ3) is 3.08. The molecule has 0 bridgehead atoms. The Morgan fingerprint density at radius 1 is 1.26 bits per heavy atom. The van der Waals surface area contributed by atoms with Gasteiger partial charge in [-0.2, -0.15) is 0 Å². The molecule has 19 heavy (non-hydrogen) atoms. The zero-order valence-corrected chi connectivity index (χ0v) is 12.0. The molecule has 2 aromatic rings. The van der Waals surface area contributed by atoms with Gasteiger partial charge in [-0.15, -0.1) is 0 Å². The summed E-state index contributed by atoms with van der Waals surface area (Å²) in [6, 6.07) is 5.63. The zero-order valence-electron chi connectivity index (χ0n) is 11.3. The molecular weight excluding hydrogens is 264 g/mol. The number of rotatable bonds is 5. The van der Waals surface area contributed by atoms with Gasteiger partial charge in [0, 0.05) is 29.2 Å². The number of nitrogens with one attached hydrogen (secondary N) is 1. The topological polar surface area (TPSA) is 47.3 Å². The Labute approximate surface area is 117 Å². The second kappa shape index (κ2) is 6.08. The second-order valence-electron chi connectivity index (χ2n) is 4.33. The normalized spacial score (nSPS) is 10.7. The minimum Gasteiger partial charge on any atom is -0.496 e. The number of ether oxygens (including phenoxy) is 1. The van der Waals surface area contributed by atoms with Gasteiger partial charge in [0.1, 0.15) is 11.5 Å². The molecule has 1 aromatic heterocycles. The molecule has 102 valence electrons. The smallest absolute Gasteiger partial charge is 0.138 e. The van der Waals surface area contributed by atoms with E-state index in [1.54, 1.807) is 7.11 Å². The maximum Gasteiger partial charge on any atom is 0.138 e. The van der Waals surface area contributed by atoms with E-state index in [0.29, 0.717) is 18.1 Å². The molecule has 1 N–H and O–H groups in total. The SMILES string of the molecule is COc1cccc(Cl)c1CNCc1c(C)noc1C. The Hall–Kier alpha value is -1.52. The van der Waals surface area contributed by atoms with Crippen molar-refractivity contribution in [2.45, 2.75) is 26.9 Å². The third-order valence-electron chi connectivity index (χ3n) is 3.08. The molecule has 1 aromatic carbocycles. The molecular formula is C14H17ClN2O2. The lowest BCUT2D eigenvalue weighted by Crippen LogP contribution is -2.14. The van der Waals surface area contributed by atoms with Gasteiger partial charge in [-0.05, 0) is 26.0 Å². The lowest BCUT2D eigenvalue weighted by molar-refractivity contribution is 0.391.